The molecular weight excluding hydrogens is 296 g/mol. The quantitative estimate of drug-likeness (QED) is 0.654. The normalized spacial score (nSPS) is 9.91. The summed E-state index contributed by atoms with van der Waals surface area (Å²) in [6.45, 7) is 2.15. The van der Waals surface area contributed by atoms with Crippen molar-refractivity contribution in [2.24, 2.45) is 0 Å². The largest absolute Gasteiger partial charge is 0.497 e. The molecule has 2 aromatic carbocycles. The van der Waals surface area contributed by atoms with E-state index in [0.717, 1.165) is 17.0 Å². The zero-order chi connectivity index (χ0) is 15.9. The van der Waals surface area contributed by atoms with Gasteiger partial charge in [0.15, 0.2) is 10.9 Å². The SMILES string of the molecule is COc1ccc(CNC(=S)Nc2cccc(C(C)=O)c2)cc1. The van der Waals surface area contributed by atoms with Gasteiger partial charge in [-0.3, -0.25) is 4.79 Å². The number of anilines is 1. The number of hydrogen-bond donors (Lipinski definition) is 2. The summed E-state index contributed by atoms with van der Waals surface area (Å²) in [5.74, 6) is 0.853. The summed E-state index contributed by atoms with van der Waals surface area (Å²) in [6, 6.07) is 15.0. The molecule has 5 heteroatoms. The van der Waals surface area contributed by atoms with Gasteiger partial charge in [-0.25, -0.2) is 0 Å². The summed E-state index contributed by atoms with van der Waals surface area (Å²) in [4.78, 5) is 11.4. The smallest absolute Gasteiger partial charge is 0.171 e. The average Bonchev–Trinajstić information content (AvgIpc) is 2.53. The van der Waals surface area contributed by atoms with Gasteiger partial charge in [0.05, 0.1) is 7.11 Å². The highest BCUT2D eigenvalue weighted by atomic mass is 32.1. The number of methoxy groups -OCH3 is 1. The van der Waals surface area contributed by atoms with Crippen LogP contribution in [0.1, 0.15) is 22.8 Å². The van der Waals surface area contributed by atoms with E-state index in [-0.39, 0.29) is 5.78 Å². The molecule has 0 atom stereocenters. The van der Waals surface area contributed by atoms with Crippen LogP contribution in [0.3, 0.4) is 0 Å². The first-order valence-corrected chi connectivity index (χ1v) is 7.28. The van der Waals surface area contributed by atoms with Gasteiger partial charge in [-0.05, 0) is 49.0 Å². The van der Waals surface area contributed by atoms with Crippen LogP contribution in [-0.4, -0.2) is 18.0 Å². The van der Waals surface area contributed by atoms with Gasteiger partial charge in [-0.15, -0.1) is 0 Å². The predicted octanol–water partition coefficient (Wildman–Crippen LogP) is 3.38. The third kappa shape index (κ3) is 4.56. The lowest BCUT2D eigenvalue weighted by Gasteiger charge is -2.11. The molecule has 0 aliphatic heterocycles. The molecule has 0 aliphatic rings. The zero-order valence-corrected chi connectivity index (χ0v) is 13.4. The van der Waals surface area contributed by atoms with Crippen LogP contribution in [0.15, 0.2) is 48.5 Å². The third-order valence-corrected chi connectivity index (χ3v) is 3.39. The van der Waals surface area contributed by atoms with Gasteiger partial charge < -0.3 is 15.4 Å². The minimum Gasteiger partial charge on any atom is -0.497 e. The molecule has 0 fully saturated rings. The summed E-state index contributed by atoms with van der Waals surface area (Å²) in [5.41, 5.74) is 2.55. The molecule has 0 saturated carbocycles. The third-order valence-electron chi connectivity index (χ3n) is 3.14. The van der Waals surface area contributed by atoms with E-state index in [1.165, 1.54) is 0 Å². The Hall–Kier alpha value is -2.40. The van der Waals surface area contributed by atoms with E-state index in [9.17, 15) is 4.79 Å². The van der Waals surface area contributed by atoms with Crippen molar-refractivity contribution in [3.05, 3.63) is 59.7 Å². The fourth-order valence-electron chi connectivity index (χ4n) is 1.92. The molecule has 0 amide bonds. The summed E-state index contributed by atoms with van der Waals surface area (Å²) in [6.07, 6.45) is 0. The van der Waals surface area contributed by atoms with E-state index >= 15 is 0 Å². The van der Waals surface area contributed by atoms with Gasteiger partial charge in [0, 0.05) is 17.8 Å². The Morgan fingerprint density at radius 3 is 2.55 bits per heavy atom. The van der Waals surface area contributed by atoms with Gasteiger partial charge in [-0.1, -0.05) is 24.3 Å². The summed E-state index contributed by atoms with van der Waals surface area (Å²) < 4.78 is 5.12. The standard InChI is InChI=1S/C17H18N2O2S/c1-12(20)14-4-3-5-15(10-14)19-17(22)18-11-13-6-8-16(21-2)9-7-13/h3-10H,11H2,1-2H3,(H2,18,19,22). The van der Waals surface area contributed by atoms with Crippen molar-refractivity contribution in [3.8, 4) is 5.75 Å². The van der Waals surface area contributed by atoms with Crippen molar-refractivity contribution in [2.45, 2.75) is 13.5 Å². The van der Waals surface area contributed by atoms with Crippen LogP contribution in [-0.2, 0) is 6.54 Å². The maximum absolute atomic E-state index is 11.4. The fourth-order valence-corrected chi connectivity index (χ4v) is 2.11. The first-order chi connectivity index (χ1) is 10.6. The molecule has 0 radical (unpaired) electrons. The number of hydrogen-bond acceptors (Lipinski definition) is 3. The Morgan fingerprint density at radius 2 is 1.91 bits per heavy atom. The summed E-state index contributed by atoms with van der Waals surface area (Å²) >= 11 is 5.26. The van der Waals surface area contributed by atoms with Crippen molar-refractivity contribution in [3.63, 3.8) is 0 Å². The number of ketones is 1. The van der Waals surface area contributed by atoms with Crippen LogP contribution in [0.25, 0.3) is 0 Å². The highest BCUT2D eigenvalue weighted by Crippen LogP contribution is 2.12. The summed E-state index contributed by atoms with van der Waals surface area (Å²) in [7, 11) is 1.64. The molecule has 22 heavy (non-hydrogen) atoms. The second kappa shape index (κ2) is 7.56. The highest BCUT2D eigenvalue weighted by molar-refractivity contribution is 7.80. The lowest BCUT2D eigenvalue weighted by Crippen LogP contribution is -2.27. The first kappa shape index (κ1) is 16.0. The molecule has 2 aromatic rings. The molecule has 114 valence electrons. The van der Waals surface area contributed by atoms with E-state index < -0.39 is 0 Å². The maximum atomic E-state index is 11.4. The Kier molecular flexibility index (Phi) is 5.49. The minimum absolute atomic E-state index is 0.0285. The molecule has 0 spiro atoms. The number of ether oxygens (including phenoxy) is 1. The van der Waals surface area contributed by atoms with Crippen molar-refractivity contribution in [1.82, 2.24) is 5.32 Å². The Balaban J connectivity index is 1.89. The van der Waals surface area contributed by atoms with Gasteiger partial charge in [0.1, 0.15) is 5.75 Å². The summed E-state index contributed by atoms with van der Waals surface area (Å²) in [5, 5.41) is 6.71. The van der Waals surface area contributed by atoms with Gasteiger partial charge >= 0.3 is 0 Å². The second-order valence-corrected chi connectivity index (χ2v) is 5.20. The monoisotopic (exact) mass is 314 g/mol. The Labute approximate surface area is 135 Å². The highest BCUT2D eigenvalue weighted by Gasteiger charge is 2.02. The number of Topliss-reactive ketones (excluding diaryl/α,β-unsaturated/α-hetero) is 1. The van der Waals surface area contributed by atoms with Crippen LogP contribution < -0.4 is 15.4 Å². The fraction of sp³-hybridized carbons (Fsp3) is 0.176. The average molecular weight is 314 g/mol. The lowest BCUT2D eigenvalue weighted by atomic mass is 10.1. The second-order valence-electron chi connectivity index (χ2n) is 4.79. The maximum Gasteiger partial charge on any atom is 0.171 e. The Morgan fingerprint density at radius 1 is 1.18 bits per heavy atom. The van der Waals surface area contributed by atoms with E-state index in [2.05, 4.69) is 10.6 Å². The lowest BCUT2D eigenvalue weighted by molar-refractivity contribution is 0.101. The molecule has 0 aliphatic carbocycles. The number of rotatable bonds is 5. The van der Waals surface area contributed by atoms with Gasteiger partial charge in [0.25, 0.3) is 0 Å². The molecule has 0 aromatic heterocycles. The molecule has 2 N–H and O–H groups in total. The van der Waals surface area contributed by atoms with Crippen molar-refractivity contribution in [1.29, 1.82) is 0 Å². The number of thiocarbonyl (C=S) groups is 1. The number of nitrogens with one attached hydrogen (secondary N) is 2. The number of carbonyl (C=O) groups excluding carboxylic acids is 1. The van der Waals surface area contributed by atoms with Crippen LogP contribution >= 0.6 is 12.2 Å². The van der Waals surface area contributed by atoms with Gasteiger partial charge in [0.2, 0.25) is 0 Å². The minimum atomic E-state index is 0.0285. The van der Waals surface area contributed by atoms with Gasteiger partial charge in [-0.2, -0.15) is 0 Å². The van der Waals surface area contributed by atoms with E-state index in [0.29, 0.717) is 17.2 Å². The predicted molar refractivity (Wildman–Crippen MR) is 92.5 cm³/mol. The molecular formula is C17H18N2O2S. The van der Waals surface area contributed by atoms with Crippen molar-refractivity contribution >= 4 is 28.8 Å². The molecule has 0 unspecified atom stereocenters. The number of carbonyl (C=O) groups is 1. The van der Waals surface area contributed by atoms with E-state index in [1.807, 2.05) is 36.4 Å². The van der Waals surface area contributed by atoms with Crippen molar-refractivity contribution < 1.29 is 9.53 Å². The molecule has 0 bridgehead atoms. The number of benzene rings is 2. The molecule has 2 rings (SSSR count). The van der Waals surface area contributed by atoms with Crippen LogP contribution in [0.5, 0.6) is 5.75 Å². The van der Waals surface area contributed by atoms with Crippen LogP contribution in [0.2, 0.25) is 0 Å². The molecule has 4 nitrogen and oxygen atoms in total. The molecule has 0 heterocycles. The zero-order valence-electron chi connectivity index (χ0n) is 12.6. The topological polar surface area (TPSA) is 50.4 Å². The first-order valence-electron chi connectivity index (χ1n) is 6.87. The van der Waals surface area contributed by atoms with Crippen LogP contribution in [0.4, 0.5) is 5.69 Å². The van der Waals surface area contributed by atoms with Crippen molar-refractivity contribution in [2.75, 3.05) is 12.4 Å². The molecule has 0 saturated heterocycles. The van der Waals surface area contributed by atoms with E-state index in [4.69, 9.17) is 17.0 Å². The van der Waals surface area contributed by atoms with E-state index in [1.54, 1.807) is 26.2 Å². The Bertz CT molecular complexity index is 669. The van der Waals surface area contributed by atoms with Crippen LogP contribution in [0, 0.1) is 0 Å².